The Kier molecular flexibility index (Phi) is 6.03. The van der Waals surface area contributed by atoms with E-state index >= 15 is 8.78 Å². The molecule has 3 aromatic rings. The molecule has 2 atom stereocenters. The van der Waals surface area contributed by atoms with Gasteiger partial charge in [0.25, 0.3) is 0 Å². The van der Waals surface area contributed by atoms with Crippen LogP contribution >= 0.6 is 11.6 Å². The predicted molar refractivity (Wildman–Crippen MR) is 123 cm³/mol. The van der Waals surface area contributed by atoms with Gasteiger partial charge in [-0.1, -0.05) is 48.9 Å². The second-order valence-corrected chi connectivity index (χ2v) is 8.32. The molecule has 8 heteroatoms. The van der Waals surface area contributed by atoms with Gasteiger partial charge in [0.05, 0.1) is 17.7 Å². The fourth-order valence-electron chi connectivity index (χ4n) is 4.64. The number of nitrogens with two attached hydrogens (primary N) is 1. The first-order chi connectivity index (χ1) is 15.8. The Morgan fingerprint density at radius 3 is 2.52 bits per heavy atom. The largest absolute Gasteiger partial charge is 0.494 e. The molecule has 1 heterocycles. The summed E-state index contributed by atoms with van der Waals surface area (Å²) in [6, 6.07) is 13.3. The minimum absolute atomic E-state index is 0.0262. The first-order valence-electron chi connectivity index (χ1n) is 10.3. The highest BCUT2D eigenvalue weighted by atomic mass is 35.5. The van der Waals surface area contributed by atoms with Gasteiger partial charge in [-0.2, -0.15) is 0 Å². The summed E-state index contributed by atoms with van der Waals surface area (Å²) >= 11 is 6.43. The summed E-state index contributed by atoms with van der Waals surface area (Å²) in [5.41, 5.74) is 5.63. The van der Waals surface area contributed by atoms with Crippen LogP contribution < -0.4 is 20.5 Å². The number of carbonyl (C=O) groups excluding carboxylic acids is 1. The van der Waals surface area contributed by atoms with Crippen molar-refractivity contribution in [2.75, 3.05) is 20.7 Å². The molecule has 172 valence electrons. The van der Waals surface area contributed by atoms with Crippen molar-refractivity contribution in [3.63, 3.8) is 0 Å². The van der Waals surface area contributed by atoms with Crippen LogP contribution in [0.2, 0.25) is 5.02 Å². The van der Waals surface area contributed by atoms with E-state index in [-0.39, 0.29) is 33.2 Å². The monoisotopic (exact) mass is 472 g/mol. The van der Waals surface area contributed by atoms with Gasteiger partial charge < -0.3 is 20.5 Å². The first kappa shape index (κ1) is 23.0. The molecule has 0 spiro atoms. The standard InChI is InChI=1S/C25H23ClF2N2O3/c1-13-19-18(33-25(13,12-30-2)14-7-5-4-6-8-14)11-16(27)22(26)21(19)20-15(24(29)31)9-10-17(32-3)23(20)28/h4-11,13,30H,12H2,1-3H3,(H2,29,31)/t13-,25-/m0/s1. The summed E-state index contributed by atoms with van der Waals surface area (Å²) in [7, 11) is 3.08. The average molecular weight is 473 g/mol. The van der Waals surface area contributed by atoms with E-state index in [0.717, 1.165) is 5.56 Å². The molecule has 0 saturated heterocycles. The third-order valence-corrected chi connectivity index (χ3v) is 6.56. The van der Waals surface area contributed by atoms with Crippen LogP contribution in [-0.2, 0) is 5.60 Å². The van der Waals surface area contributed by atoms with Gasteiger partial charge in [-0.25, -0.2) is 8.78 Å². The molecular weight excluding hydrogens is 450 g/mol. The number of primary amides is 1. The highest BCUT2D eigenvalue weighted by Gasteiger charge is 2.49. The van der Waals surface area contributed by atoms with E-state index in [1.54, 1.807) is 7.05 Å². The lowest BCUT2D eigenvalue weighted by atomic mass is 9.77. The Hall–Kier alpha value is -3.16. The van der Waals surface area contributed by atoms with Crippen LogP contribution in [0.5, 0.6) is 11.5 Å². The Labute approximate surface area is 195 Å². The summed E-state index contributed by atoms with van der Waals surface area (Å²) in [5.74, 6) is -2.85. The zero-order valence-electron chi connectivity index (χ0n) is 18.3. The van der Waals surface area contributed by atoms with Gasteiger partial charge in [-0.15, -0.1) is 0 Å². The van der Waals surface area contributed by atoms with Gasteiger partial charge in [0, 0.05) is 35.2 Å². The Bertz CT molecular complexity index is 1240. The van der Waals surface area contributed by atoms with Crippen molar-refractivity contribution in [3.05, 3.63) is 81.9 Å². The number of hydrogen-bond acceptors (Lipinski definition) is 4. The molecule has 33 heavy (non-hydrogen) atoms. The van der Waals surface area contributed by atoms with Crippen molar-refractivity contribution in [2.24, 2.45) is 5.73 Å². The lowest BCUT2D eigenvalue weighted by Crippen LogP contribution is -2.43. The van der Waals surface area contributed by atoms with Gasteiger partial charge in [0.1, 0.15) is 11.6 Å². The molecule has 4 rings (SSSR count). The molecule has 1 aliphatic rings. The number of methoxy groups -OCH3 is 1. The van der Waals surface area contributed by atoms with Crippen molar-refractivity contribution in [2.45, 2.75) is 18.4 Å². The Morgan fingerprint density at radius 1 is 1.21 bits per heavy atom. The van der Waals surface area contributed by atoms with Crippen molar-refractivity contribution in [1.29, 1.82) is 0 Å². The van der Waals surface area contributed by atoms with Crippen LogP contribution in [0, 0.1) is 11.6 Å². The van der Waals surface area contributed by atoms with Gasteiger partial charge >= 0.3 is 0 Å². The van der Waals surface area contributed by atoms with Crippen LogP contribution in [0.15, 0.2) is 48.5 Å². The summed E-state index contributed by atoms with van der Waals surface area (Å²) in [4.78, 5) is 12.2. The molecule has 1 amide bonds. The SMILES string of the molecule is CNC[C@]1(c2ccccc2)Oc2cc(F)c(Cl)c(-c3c(C(N)=O)ccc(OC)c3F)c2[C@@H]1C. The van der Waals surface area contributed by atoms with Gasteiger partial charge in [-0.3, -0.25) is 4.79 Å². The molecule has 0 saturated carbocycles. The summed E-state index contributed by atoms with van der Waals surface area (Å²) in [5, 5.41) is 2.82. The lowest BCUT2D eigenvalue weighted by molar-refractivity contribution is 0.0719. The zero-order valence-corrected chi connectivity index (χ0v) is 19.1. The third kappa shape index (κ3) is 3.52. The smallest absolute Gasteiger partial charge is 0.249 e. The van der Waals surface area contributed by atoms with Crippen molar-refractivity contribution in [3.8, 4) is 22.6 Å². The molecule has 0 bridgehead atoms. The van der Waals surface area contributed by atoms with Crippen LogP contribution in [0.3, 0.4) is 0 Å². The number of benzene rings is 3. The number of likely N-dealkylation sites (N-methyl/N-ethyl adjacent to an activating group) is 1. The van der Waals surface area contributed by atoms with E-state index in [1.807, 2.05) is 37.3 Å². The van der Waals surface area contributed by atoms with E-state index < -0.39 is 29.1 Å². The molecule has 3 N–H and O–H groups in total. The third-order valence-electron chi connectivity index (χ3n) is 6.19. The van der Waals surface area contributed by atoms with Gasteiger partial charge in [0.2, 0.25) is 5.91 Å². The normalized spacial score (nSPS) is 19.2. The van der Waals surface area contributed by atoms with Crippen LogP contribution in [-0.4, -0.2) is 26.6 Å². The molecule has 0 unspecified atom stereocenters. The quantitative estimate of drug-likeness (QED) is 0.529. The van der Waals surface area contributed by atoms with Crippen molar-refractivity contribution in [1.82, 2.24) is 5.32 Å². The summed E-state index contributed by atoms with van der Waals surface area (Å²) < 4.78 is 42.1. The molecule has 5 nitrogen and oxygen atoms in total. The predicted octanol–water partition coefficient (Wildman–Crippen LogP) is 5.00. The molecule has 1 aliphatic heterocycles. The zero-order chi connectivity index (χ0) is 23.9. The van der Waals surface area contributed by atoms with Crippen molar-refractivity contribution >= 4 is 17.5 Å². The van der Waals surface area contributed by atoms with Gasteiger partial charge in [0.15, 0.2) is 17.2 Å². The Balaban J connectivity index is 2.06. The number of fused-ring (bicyclic) bond motifs is 1. The number of nitrogens with one attached hydrogen (secondary N) is 1. The second kappa shape index (κ2) is 8.65. The maximum atomic E-state index is 15.6. The van der Waals surface area contributed by atoms with Gasteiger partial charge in [-0.05, 0) is 24.7 Å². The molecule has 0 aliphatic carbocycles. The van der Waals surface area contributed by atoms with E-state index in [1.165, 1.54) is 25.3 Å². The number of ether oxygens (including phenoxy) is 2. The maximum Gasteiger partial charge on any atom is 0.249 e. The summed E-state index contributed by atoms with van der Waals surface area (Å²) in [6.45, 7) is 2.28. The lowest BCUT2D eigenvalue weighted by Gasteiger charge is -2.33. The molecular formula is C25H23ClF2N2O3. The van der Waals surface area contributed by atoms with Crippen LogP contribution in [0.4, 0.5) is 8.78 Å². The average Bonchev–Trinajstić information content (AvgIpc) is 3.07. The minimum atomic E-state index is -0.924. The Morgan fingerprint density at radius 2 is 1.91 bits per heavy atom. The fraction of sp³-hybridized carbons (Fsp3) is 0.240. The van der Waals surface area contributed by atoms with Crippen molar-refractivity contribution < 1.29 is 23.0 Å². The topological polar surface area (TPSA) is 73.6 Å². The second-order valence-electron chi connectivity index (χ2n) is 7.94. The van der Waals surface area contributed by atoms with E-state index in [2.05, 4.69) is 5.32 Å². The van der Waals surface area contributed by atoms with E-state index in [0.29, 0.717) is 12.1 Å². The summed E-state index contributed by atoms with van der Waals surface area (Å²) in [6.07, 6.45) is 0. The number of rotatable bonds is 6. The minimum Gasteiger partial charge on any atom is -0.494 e. The van der Waals surface area contributed by atoms with E-state index in [9.17, 15) is 4.79 Å². The highest BCUT2D eigenvalue weighted by molar-refractivity contribution is 6.34. The number of halogens is 3. The maximum absolute atomic E-state index is 15.6. The fourth-order valence-corrected chi connectivity index (χ4v) is 4.89. The molecule has 0 radical (unpaired) electrons. The first-order valence-corrected chi connectivity index (χ1v) is 10.7. The molecule has 3 aromatic carbocycles. The molecule has 0 aromatic heterocycles. The molecule has 0 fully saturated rings. The number of carbonyl (C=O) groups is 1. The number of amides is 1. The number of hydrogen-bond donors (Lipinski definition) is 2. The van der Waals surface area contributed by atoms with Crippen LogP contribution in [0.25, 0.3) is 11.1 Å². The van der Waals surface area contributed by atoms with E-state index in [4.69, 9.17) is 26.8 Å². The highest BCUT2D eigenvalue weighted by Crippen LogP contribution is 2.56. The van der Waals surface area contributed by atoms with Crippen LogP contribution in [0.1, 0.15) is 34.3 Å².